The van der Waals surface area contributed by atoms with Crippen molar-refractivity contribution in [1.82, 2.24) is 4.31 Å². The average Bonchev–Trinajstić information content (AvgIpc) is 2.66. The Labute approximate surface area is 169 Å². The highest BCUT2D eigenvalue weighted by molar-refractivity contribution is 7.98. The topological polar surface area (TPSA) is 63.7 Å². The van der Waals surface area contributed by atoms with Gasteiger partial charge in [-0.05, 0) is 54.3 Å². The van der Waals surface area contributed by atoms with E-state index in [0.29, 0.717) is 32.5 Å². The molecule has 1 aromatic carbocycles. The fraction of sp³-hybridized carbons (Fsp3) is 0.591. The first-order valence-corrected chi connectivity index (χ1v) is 11.8. The highest BCUT2D eigenvalue weighted by atomic mass is 32.2. The molecular weight excluding hydrogens is 374 g/mol. The van der Waals surface area contributed by atoms with E-state index in [0.717, 1.165) is 22.4 Å². The standard InChI is InChI=1S/C22H33NO4S/c1-6-23(7-2)28(5,26)20-11-10-17-12-19(9-8-18(17)13-20)21(24)14-22(25)27-15-16(3)4/h10-11,13,16,19H,5-9,12,14-15H2,1-4H3. The van der Waals surface area contributed by atoms with Crippen molar-refractivity contribution in [3.8, 4) is 0 Å². The molecule has 5 nitrogen and oxygen atoms in total. The summed E-state index contributed by atoms with van der Waals surface area (Å²) in [6, 6.07) is 5.83. The van der Waals surface area contributed by atoms with Gasteiger partial charge in [-0.25, -0.2) is 8.51 Å². The van der Waals surface area contributed by atoms with E-state index in [1.807, 2.05) is 50.2 Å². The Morgan fingerprint density at radius 3 is 2.54 bits per heavy atom. The number of ether oxygens (including phenoxy) is 1. The van der Waals surface area contributed by atoms with Crippen LogP contribution in [0.2, 0.25) is 0 Å². The Hall–Kier alpha value is -1.66. The van der Waals surface area contributed by atoms with E-state index in [-0.39, 0.29) is 24.0 Å². The molecule has 1 aromatic rings. The van der Waals surface area contributed by atoms with E-state index in [1.165, 1.54) is 0 Å². The predicted octanol–water partition coefficient (Wildman–Crippen LogP) is 3.28. The monoisotopic (exact) mass is 407 g/mol. The third-order valence-corrected chi connectivity index (χ3v) is 7.59. The number of aryl methyl sites for hydroxylation is 1. The number of fused-ring (bicyclic) bond motifs is 1. The second-order valence-electron chi connectivity index (χ2n) is 7.84. The molecule has 0 aromatic heterocycles. The van der Waals surface area contributed by atoms with Crippen molar-refractivity contribution in [2.24, 2.45) is 11.8 Å². The third kappa shape index (κ3) is 5.45. The van der Waals surface area contributed by atoms with Crippen molar-refractivity contribution in [2.75, 3.05) is 19.7 Å². The number of benzene rings is 1. The number of Topliss-reactive ketones (excluding diaryl/α,β-unsaturated/α-hetero) is 1. The fourth-order valence-corrected chi connectivity index (χ4v) is 5.33. The largest absolute Gasteiger partial charge is 0.465 e. The Balaban J connectivity index is 2.06. The van der Waals surface area contributed by atoms with Crippen LogP contribution in [0.15, 0.2) is 23.1 Å². The van der Waals surface area contributed by atoms with Gasteiger partial charge in [0.05, 0.1) is 16.3 Å². The fourth-order valence-electron chi connectivity index (χ4n) is 3.59. The van der Waals surface area contributed by atoms with Gasteiger partial charge in [-0.1, -0.05) is 33.8 Å². The predicted molar refractivity (Wildman–Crippen MR) is 114 cm³/mol. The van der Waals surface area contributed by atoms with Crippen LogP contribution in [0.4, 0.5) is 0 Å². The molecule has 0 saturated carbocycles. The highest BCUT2D eigenvalue weighted by Gasteiger charge is 2.27. The number of rotatable bonds is 9. The zero-order valence-corrected chi connectivity index (χ0v) is 18.3. The highest BCUT2D eigenvalue weighted by Crippen LogP contribution is 2.29. The van der Waals surface area contributed by atoms with Gasteiger partial charge in [-0.2, -0.15) is 0 Å². The number of carbonyl (C=O) groups is 2. The van der Waals surface area contributed by atoms with E-state index in [4.69, 9.17) is 4.74 Å². The Morgan fingerprint density at radius 1 is 1.25 bits per heavy atom. The molecule has 0 amide bonds. The van der Waals surface area contributed by atoms with Crippen LogP contribution in [-0.4, -0.2) is 45.8 Å². The number of esters is 1. The molecule has 0 radical (unpaired) electrons. The van der Waals surface area contributed by atoms with E-state index in [9.17, 15) is 13.8 Å². The zero-order valence-electron chi connectivity index (χ0n) is 17.5. The second-order valence-corrected chi connectivity index (χ2v) is 10.1. The summed E-state index contributed by atoms with van der Waals surface area (Å²) in [7, 11) is -2.49. The Morgan fingerprint density at radius 2 is 1.93 bits per heavy atom. The van der Waals surface area contributed by atoms with Gasteiger partial charge in [0.25, 0.3) is 0 Å². The van der Waals surface area contributed by atoms with Crippen LogP contribution in [0.25, 0.3) is 0 Å². The summed E-state index contributed by atoms with van der Waals surface area (Å²) in [6.07, 6.45) is 1.92. The van der Waals surface area contributed by atoms with Crippen molar-refractivity contribution in [3.05, 3.63) is 29.3 Å². The van der Waals surface area contributed by atoms with Crippen molar-refractivity contribution in [1.29, 1.82) is 0 Å². The lowest BCUT2D eigenvalue weighted by Gasteiger charge is -2.27. The van der Waals surface area contributed by atoms with Gasteiger partial charge >= 0.3 is 5.97 Å². The van der Waals surface area contributed by atoms with E-state index >= 15 is 0 Å². The molecule has 1 aliphatic rings. The van der Waals surface area contributed by atoms with Crippen LogP contribution in [-0.2, 0) is 36.9 Å². The number of nitrogens with zero attached hydrogens (tertiary/aromatic N) is 1. The molecule has 1 aliphatic carbocycles. The maximum Gasteiger partial charge on any atom is 0.313 e. The minimum atomic E-state index is -2.49. The van der Waals surface area contributed by atoms with Gasteiger partial charge in [0.2, 0.25) is 0 Å². The maximum atomic E-state index is 13.1. The molecular formula is C22H33NO4S. The summed E-state index contributed by atoms with van der Waals surface area (Å²) < 4.78 is 20.2. The summed E-state index contributed by atoms with van der Waals surface area (Å²) in [5, 5.41) is 0. The quantitative estimate of drug-likeness (QED) is 0.358. The van der Waals surface area contributed by atoms with Crippen LogP contribution in [0.3, 0.4) is 0 Å². The first-order chi connectivity index (χ1) is 13.2. The third-order valence-electron chi connectivity index (χ3n) is 5.25. The van der Waals surface area contributed by atoms with Crippen molar-refractivity contribution < 1.29 is 18.5 Å². The summed E-state index contributed by atoms with van der Waals surface area (Å²) in [5.74, 6) is 3.61. The van der Waals surface area contributed by atoms with Gasteiger partial charge in [0.1, 0.15) is 12.2 Å². The maximum absolute atomic E-state index is 13.1. The average molecular weight is 408 g/mol. The van der Waals surface area contributed by atoms with E-state index in [2.05, 4.69) is 5.87 Å². The molecule has 0 bridgehead atoms. The van der Waals surface area contributed by atoms with Crippen LogP contribution in [0.5, 0.6) is 0 Å². The van der Waals surface area contributed by atoms with E-state index in [1.54, 1.807) is 0 Å². The molecule has 0 spiro atoms. The SMILES string of the molecule is C=S(=O)(c1ccc2c(c1)CCC(C(=O)CC(=O)OCC(C)C)C2)N(CC)CC. The molecule has 0 heterocycles. The molecule has 0 saturated heterocycles. The summed E-state index contributed by atoms with van der Waals surface area (Å²) in [5.41, 5.74) is 2.23. The number of hydrogen-bond donors (Lipinski definition) is 0. The van der Waals surface area contributed by atoms with Crippen LogP contribution >= 0.6 is 0 Å². The number of ketones is 1. The Bertz CT molecular complexity index is 810. The molecule has 0 N–H and O–H groups in total. The minimum Gasteiger partial charge on any atom is -0.465 e. The van der Waals surface area contributed by atoms with Gasteiger partial charge < -0.3 is 4.74 Å². The minimum absolute atomic E-state index is 0.0485. The van der Waals surface area contributed by atoms with Gasteiger partial charge in [-0.3, -0.25) is 9.59 Å². The molecule has 28 heavy (non-hydrogen) atoms. The summed E-state index contributed by atoms with van der Waals surface area (Å²) in [6.45, 7) is 9.60. The molecule has 2 atom stereocenters. The molecule has 6 heteroatoms. The molecule has 2 rings (SSSR count). The number of carbonyl (C=O) groups excluding carboxylic acids is 2. The molecule has 0 fully saturated rings. The van der Waals surface area contributed by atoms with Crippen LogP contribution in [0.1, 0.15) is 51.7 Å². The van der Waals surface area contributed by atoms with Gasteiger partial charge in [-0.15, -0.1) is 0 Å². The normalized spacial score (nSPS) is 18.6. The Kier molecular flexibility index (Phi) is 7.84. The number of hydrogen-bond acceptors (Lipinski definition) is 4. The van der Waals surface area contributed by atoms with Crippen LogP contribution in [0, 0.1) is 11.8 Å². The molecule has 2 unspecified atom stereocenters. The lowest BCUT2D eigenvalue weighted by Crippen LogP contribution is -2.31. The van der Waals surface area contributed by atoms with E-state index < -0.39 is 15.7 Å². The molecule has 156 valence electrons. The van der Waals surface area contributed by atoms with Crippen molar-refractivity contribution in [3.63, 3.8) is 0 Å². The van der Waals surface area contributed by atoms with Gasteiger partial charge in [0, 0.05) is 23.9 Å². The lowest BCUT2D eigenvalue weighted by atomic mass is 9.81. The zero-order chi connectivity index (χ0) is 20.9. The summed E-state index contributed by atoms with van der Waals surface area (Å²) in [4.78, 5) is 25.1. The second kappa shape index (κ2) is 9.70. The first kappa shape index (κ1) is 22.6. The van der Waals surface area contributed by atoms with Crippen molar-refractivity contribution >= 4 is 27.3 Å². The lowest BCUT2D eigenvalue weighted by molar-refractivity contribution is -0.147. The summed E-state index contributed by atoms with van der Waals surface area (Å²) >= 11 is 0. The first-order valence-electron chi connectivity index (χ1n) is 10.1. The van der Waals surface area contributed by atoms with Gasteiger partial charge in [0.15, 0.2) is 0 Å². The smallest absolute Gasteiger partial charge is 0.313 e. The van der Waals surface area contributed by atoms with Crippen LogP contribution < -0.4 is 0 Å². The molecule has 0 aliphatic heterocycles. The van der Waals surface area contributed by atoms with Crippen molar-refractivity contribution in [2.45, 2.75) is 58.3 Å².